The number of halogens is 3. The molecule has 22 heavy (non-hydrogen) atoms. The Kier molecular flexibility index (Phi) is 4.96. The van der Waals surface area contributed by atoms with E-state index in [9.17, 15) is 21.6 Å². The zero-order valence-corrected chi connectivity index (χ0v) is 12.8. The Bertz CT molecular complexity index is 619. The van der Waals surface area contributed by atoms with E-state index in [4.69, 9.17) is 0 Å². The van der Waals surface area contributed by atoms with Crippen LogP contribution in [-0.4, -0.2) is 32.2 Å². The Hall–Kier alpha value is -1.35. The van der Waals surface area contributed by atoms with Crippen molar-refractivity contribution < 1.29 is 21.6 Å². The number of hydrogen-bond acceptors (Lipinski definition) is 4. The SMILES string of the molecule is CS(=O)(=O)NC1CCCC1CNc1ccnc(C(F)(F)F)c1. The van der Waals surface area contributed by atoms with Gasteiger partial charge < -0.3 is 5.32 Å². The van der Waals surface area contributed by atoms with Crippen molar-refractivity contribution in [3.8, 4) is 0 Å². The zero-order valence-electron chi connectivity index (χ0n) is 12.0. The summed E-state index contributed by atoms with van der Waals surface area (Å²) in [7, 11) is -3.29. The van der Waals surface area contributed by atoms with Crippen LogP contribution in [-0.2, 0) is 16.2 Å². The first-order chi connectivity index (χ1) is 10.1. The van der Waals surface area contributed by atoms with Crippen molar-refractivity contribution in [2.45, 2.75) is 31.5 Å². The maximum Gasteiger partial charge on any atom is 0.433 e. The summed E-state index contributed by atoms with van der Waals surface area (Å²) in [4.78, 5) is 3.30. The van der Waals surface area contributed by atoms with Gasteiger partial charge >= 0.3 is 6.18 Å². The molecule has 1 aromatic rings. The molecule has 0 spiro atoms. The molecule has 2 rings (SSSR count). The van der Waals surface area contributed by atoms with Crippen LogP contribution in [0.25, 0.3) is 0 Å². The van der Waals surface area contributed by atoms with Gasteiger partial charge in [0.05, 0.1) is 6.26 Å². The second kappa shape index (κ2) is 6.41. The van der Waals surface area contributed by atoms with Gasteiger partial charge in [-0.1, -0.05) is 6.42 Å². The number of nitrogens with zero attached hydrogens (tertiary/aromatic N) is 1. The van der Waals surface area contributed by atoms with E-state index in [0.717, 1.165) is 37.8 Å². The summed E-state index contributed by atoms with van der Waals surface area (Å²) in [5.74, 6) is 0.0530. The smallest absolute Gasteiger partial charge is 0.385 e. The van der Waals surface area contributed by atoms with Crippen molar-refractivity contribution in [2.75, 3.05) is 18.1 Å². The molecular weight excluding hydrogens is 319 g/mol. The van der Waals surface area contributed by atoms with Gasteiger partial charge in [-0.05, 0) is 30.9 Å². The summed E-state index contributed by atoms with van der Waals surface area (Å²) < 4.78 is 62.9. The molecular formula is C13H18F3N3O2S. The third-order valence-electron chi connectivity index (χ3n) is 3.64. The van der Waals surface area contributed by atoms with Crippen LogP contribution >= 0.6 is 0 Å². The van der Waals surface area contributed by atoms with E-state index < -0.39 is 21.9 Å². The van der Waals surface area contributed by atoms with Crippen LogP contribution in [0.4, 0.5) is 18.9 Å². The monoisotopic (exact) mass is 337 g/mol. The maximum absolute atomic E-state index is 12.6. The standard InChI is InChI=1S/C13H18F3N3O2S/c1-22(20,21)19-11-4-2-3-9(11)8-18-10-5-6-17-12(7-10)13(14,15)16/h5-7,9,11,19H,2-4,8H2,1H3,(H,17,18). The number of anilines is 1. The van der Waals surface area contributed by atoms with E-state index in [1.807, 2.05) is 0 Å². The largest absolute Gasteiger partial charge is 0.433 e. The average Bonchev–Trinajstić information content (AvgIpc) is 2.81. The van der Waals surface area contributed by atoms with Gasteiger partial charge in [0.1, 0.15) is 5.69 Å². The van der Waals surface area contributed by atoms with E-state index in [1.165, 1.54) is 6.07 Å². The van der Waals surface area contributed by atoms with Crippen LogP contribution < -0.4 is 10.0 Å². The van der Waals surface area contributed by atoms with Crippen molar-refractivity contribution in [3.63, 3.8) is 0 Å². The number of rotatable bonds is 5. The van der Waals surface area contributed by atoms with Crippen LogP contribution in [0.5, 0.6) is 0 Å². The van der Waals surface area contributed by atoms with Crippen molar-refractivity contribution in [2.24, 2.45) is 5.92 Å². The van der Waals surface area contributed by atoms with Gasteiger partial charge in [-0.2, -0.15) is 13.2 Å². The van der Waals surface area contributed by atoms with Gasteiger partial charge in [0.25, 0.3) is 0 Å². The molecule has 5 nitrogen and oxygen atoms in total. The minimum atomic E-state index is -4.48. The first kappa shape index (κ1) is 17.0. The van der Waals surface area contributed by atoms with Gasteiger partial charge in [-0.25, -0.2) is 13.1 Å². The molecule has 0 aliphatic heterocycles. The fourth-order valence-corrected chi connectivity index (χ4v) is 3.52. The van der Waals surface area contributed by atoms with E-state index in [0.29, 0.717) is 12.2 Å². The molecule has 2 unspecified atom stereocenters. The summed E-state index contributed by atoms with van der Waals surface area (Å²) in [5.41, 5.74) is -0.623. The molecule has 0 radical (unpaired) electrons. The number of nitrogens with one attached hydrogen (secondary N) is 2. The molecule has 9 heteroatoms. The highest BCUT2D eigenvalue weighted by atomic mass is 32.2. The molecule has 1 aliphatic rings. The van der Waals surface area contributed by atoms with E-state index in [-0.39, 0.29) is 12.0 Å². The van der Waals surface area contributed by atoms with Crippen molar-refractivity contribution in [3.05, 3.63) is 24.0 Å². The summed E-state index contributed by atoms with van der Waals surface area (Å²) in [6.45, 7) is 0.411. The molecule has 1 heterocycles. The molecule has 1 aliphatic carbocycles. The molecule has 0 amide bonds. The van der Waals surface area contributed by atoms with Crippen molar-refractivity contribution >= 4 is 15.7 Å². The van der Waals surface area contributed by atoms with Crippen molar-refractivity contribution in [1.29, 1.82) is 0 Å². The van der Waals surface area contributed by atoms with Crippen LogP contribution in [0.15, 0.2) is 18.3 Å². The Morgan fingerprint density at radius 1 is 1.36 bits per heavy atom. The van der Waals surface area contributed by atoms with Gasteiger partial charge in [0.2, 0.25) is 10.0 Å². The first-order valence-electron chi connectivity index (χ1n) is 6.89. The summed E-state index contributed by atoms with van der Waals surface area (Å²) in [6, 6.07) is 2.24. The second-order valence-corrected chi connectivity index (χ2v) is 7.28. The molecule has 1 aromatic heterocycles. The Morgan fingerprint density at radius 3 is 2.73 bits per heavy atom. The minimum Gasteiger partial charge on any atom is -0.385 e. The van der Waals surface area contributed by atoms with Gasteiger partial charge in [0.15, 0.2) is 0 Å². The highest BCUT2D eigenvalue weighted by Crippen LogP contribution is 2.30. The predicted octanol–water partition coefficient (Wildman–Crippen LogP) is 2.23. The number of aromatic nitrogens is 1. The number of sulfonamides is 1. The van der Waals surface area contributed by atoms with E-state index >= 15 is 0 Å². The first-order valence-corrected chi connectivity index (χ1v) is 8.79. The van der Waals surface area contributed by atoms with E-state index in [1.54, 1.807) is 0 Å². The number of hydrogen-bond donors (Lipinski definition) is 2. The Morgan fingerprint density at radius 2 is 2.09 bits per heavy atom. The minimum absolute atomic E-state index is 0.0530. The fraction of sp³-hybridized carbons (Fsp3) is 0.615. The topological polar surface area (TPSA) is 71.1 Å². The van der Waals surface area contributed by atoms with Crippen LogP contribution in [0.3, 0.4) is 0 Å². The molecule has 0 bridgehead atoms. The Balaban J connectivity index is 1.98. The third kappa shape index (κ3) is 4.84. The fourth-order valence-electron chi connectivity index (χ4n) is 2.66. The lowest BCUT2D eigenvalue weighted by molar-refractivity contribution is -0.141. The average molecular weight is 337 g/mol. The van der Waals surface area contributed by atoms with Crippen LogP contribution in [0.1, 0.15) is 25.0 Å². The van der Waals surface area contributed by atoms with E-state index in [2.05, 4.69) is 15.0 Å². The molecule has 2 N–H and O–H groups in total. The highest BCUT2D eigenvalue weighted by Gasteiger charge is 2.33. The highest BCUT2D eigenvalue weighted by molar-refractivity contribution is 7.88. The molecule has 1 saturated carbocycles. The number of pyridine rings is 1. The zero-order chi connectivity index (χ0) is 16.4. The summed E-state index contributed by atoms with van der Waals surface area (Å²) >= 11 is 0. The Labute approximate surface area is 127 Å². The lowest BCUT2D eigenvalue weighted by Gasteiger charge is -2.21. The molecule has 1 fully saturated rings. The van der Waals surface area contributed by atoms with Crippen LogP contribution in [0, 0.1) is 5.92 Å². The third-order valence-corrected chi connectivity index (χ3v) is 4.37. The summed E-state index contributed by atoms with van der Waals surface area (Å²) in [5, 5.41) is 2.94. The summed E-state index contributed by atoms with van der Waals surface area (Å²) in [6.07, 6.45) is 0.191. The molecule has 124 valence electrons. The maximum atomic E-state index is 12.6. The second-order valence-electron chi connectivity index (χ2n) is 5.50. The predicted molar refractivity (Wildman–Crippen MR) is 76.8 cm³/mol. The lowest BCUT2D eigenvalue weighted by atomic mass is 10.0. The normalized spacial score (nSPS) is 22.7. The quantitative estimate of drug-likeness (QED) is 0.864. The van der Waals surface area contributed by atoms with Gasteiger partial charge in [-0.15, -0.1) is 0 Å². The molecule has 0 aromatic carbocycles. The van der Waals surface area contributed by atoms with Gasteiger partial charge in [0, 0.05) is 24.5 Å². The molecule has 0 saturated heterocycles. The van der Waals surface area contributed by atoms with Crippen LogP contribution in [0.2, 0.25) is 0 Å². The van der Waals surface area contributed by atoms with Crippen molar-refractivity contribution in [1.82, 2.24) is 9.71 Å². The molecule has 2 atom stereocenters. The van der Waals surface area contributed by atoms with Gasteiger partial charge in [-0.3, -0.25) is 4.98 Å². The number of alkyl halides is 3. The lowest BCUT2D eigenvalue weighted by Crippen LogP contribution is -2.38.